The number of piperidine rings is 1. The van der Waals surface area contributed by atoms with Crippen molar-refractivity contribution in [2.24, 2.45) is 5.92 Å². The SMILES string of the molecule is O=C(CC1CC2CCC(C1)N2)NC1CCN(c2ccccc2OC(F)F)C1. The number of fused-ring (bicyclic) bond motifs is 2. The van der Waals surface area contributed by atoms with Gasteiger partial charge in [-0.05, 0) is 50.2 Å². The fraction of sp³-hybridized carbons (Fsp3) is 0.650. The van der Waals surface area contributed by atoms with E-state index in [4.69, 9.17) is 0 Å². The Morgan fingerprint density at radius 1 is 1.22 bits per heavy atom. The number of nitrogens with zero attached hydrogens (tertiary/aromatic N) is 1. The highest BCUT2D eigenvalue weighted by molar-refractivity contribution is 5.76. The maximum atomic E-state index is 12.6. The number of carbonyl (C=O) groups is 1. The van der Waals surface area contributed by atoms with Gasteiger partial charge in [0.1, 0.15) is 5.75 Å². The summed E-state index contributed by atoms with van der Waals surface area (Å²) in [7, 11) is 0. The van der Waals surface area contributed by atoms with Gasteiger partial charge in [-0.1, -0.05) is 12.1 Å². The summed E-state index contributed by atoms with van der Waals surface area (Å²) in [5, 5.41) is 6.75. The first-order chi connectivity index (χ1) is 13.1. The number of amides is 1. The Balaban J connectivity index is 1.29. The third kappa shape index (κ3) is 4.51. The molecule has 0 radical (unpaired) electrons. The summed E-state index contributed by atoms with van der Waals surface area (Å²) in [4.78, 5) is 14.5. The standard InChI is InChI=1S/C20H27F2N3O2/c21-20(22)27-18-4-2-1-3-17(18)25-8-7-16(12-25)24-19(26)11-13-9-14-5-6-15(10-13)23-14/h1-4,13-16,20,23H,5-12H2,(H,24,26). The normalized spacial score (nSPS) is 30.0. The number of nitrogens with one attached hydrogen (secondary N) is 2. The molecule has 3 atom stereocenters. The largest absolute Gasteiger partial charge is 0.433 e. The van der Waals surface area contributed by atoms with E-state index in [0.717, 1.165) is 19.3 Å². The van der Waals surface area contributed by atoms with Crippen molar-refractivity contribution in [3.8, 4) is 5.75 Å². The lowest BCUT2D eigenvalue weighted by atomic mass is 9.89. The van der Waals surface area contributed by atoms with E-state index in [1.165, 1.54) is 12.8 Å². The van der Waals surface area contributed by atoms with Crippen molar-refractivity contribution in [1.82, 2.24) is 10.6 Å². The van der Waals surface area contributed by atoms with Crippen LogP contribution in [-0.2, 0) is 4.79 Å². The van der Waals surface area contributed by atoms with Gasteiger partial charge in [0, 0.05) is 37.6 Å². The summed E-state index contributed by atoms with van der Waals surface area (Å²) in [6.45, 7) is -1.51. The zero-order valence-electron chi connectivity index (χ0n) is 15.4. The first kappa shape index (κ1) is 18.5. The Bertz CT molecular complexity index is 660. The van der Waals surface area contributed by atoms with E-state index < -0.39 is 6.61 Å². The summed E-state index contributed by atoms with van der Waals surface area (Å²) in [5.74, 6) is 0.774. The predicted molar refractivity (Wildman–Crippen MR) is 99.1 cm³/mol. The molecule has 0 aliphatic carbocycles. The average molecular weight is 379 g/mol. The molecule has 3 unspecified atom stereocenters. The molecule has 1 amide bonds. The van der Waals surface area contributed by atoms with Crippen LogP contribution in [0.25, 0.3) is 0 Å². The van der Waals surface area contributed by atoms with E-state index in [9.17, 15) is 13.6 Å². The van der Waals surface area contributed by atoms with Crippen molar-refractivity contribution in [3.05, 3.63) is 24.3 Å². The minimum atomic E-state index is -2.84. The summed E-state index contributed by atoms with van der Waals surface area (Å²) in [5.41, 5.74) is 0.657. The van der Waals surface area contributed by atoms with E-state index >= 15 is 0 Å². The van der Waals surface area contributed by atoms with Crippen LogP contribution in [0.3, 0.4) is 0 Å². The van der Waals surface area contributed by atoms with E-state index in [-0.39, 0.29) is 17.7 Å². The van der Waals surface area contributed by atoms with Crippen molar-refractivity contribution >= 4 is 11.6 Å². The average Bonchev–Trinajstić information content (AvgIpc) is 3.21. The molecule has 2 bridgehead atoms. The van der Waals surface area contributed by atoms with Crippen LogP contribution >= 0.6 is 0 Å². The molecule has 2 N–H and O–H groups in total. The second-order valence-corrected chi connectivity index (χ2v) is 8.02. The lowest BCUT2D eigenvalue weighted by Crippen LogP contribution is -2.42. The number of alkyl halides is 2. The van der Waals surface area contributed by atoms with E-state index in [0.29, 0.717) is 43.2 Å². The van der Waals surface area contributed by atoms with Gasteiger partial charge in [0.05, 0.1) is 5.69 Å². The number of hydrogen-bond acceptors (Lipinski definition) is 4. The molecule has 7 heteroatoms. The number of hydrogen-bond donors (Lipinski definition) is 2. The van der Waals surface area contributed by atoms with Crippen LogP contribution in [0.15, 0.2) is 24.3 Å². The highest BCUT2D eigenvalue weighted by atomic mass is 19.3. The van der Waals surface area contributed by atoms with Gasteiger partial charge in [-0.2, -0.15) is 8.78 Å². The minimum Gasteiger partial charge on any atom is -0.433 e. The van der Waals surface area contributed by atoms with Gasteiger partial charge in [0.25, 0.3) is 0 Å². The maximum Gasteiger partial charge on any atom is 0.387 e. The Kier molecular flexibility index (Phi) is 5.48. The number of rotatable bonds is 6. The van der Waals surface area contributed by atoms with Gasteiger partial charge >= 0.3 is 6.61 Å². The van der Waals surface area contributed by atoms with Gasteiger partial charge in [-0.15, -0.1) is 0 Å². The molecule has 5 nitrogen and oxygen atoms in total. The van der Waals surface area contributed by atoms with Crippen molar-refractivity contribution < 1.29 is 18.3 Å². The summed E-state index contributed by atoms with van der Waals surface area (Å²) in [6, 6.07) is 8.07. The molecule has 3 aliphatic rings. The smallest absolute Gasteiger partial charge is 0.387 e. The Hall–Kier alpha value is -1.89. The summed E-state index contributed by atoms with van der Waals surface area (Å²) >= 11 is 0. The van der Waals surface area contributed by atoms with Crippen molar-refractivity contribution in [2.45, 2.75) is 63.3 Å². The van der Waals surface area contributed by atoms with Gasteiger partial charge in [-0.3, -0.25) is 4.79 Å². The second kappa shape index (κ2) is 8.00. The lowest BCUT2D eigenvalue weighted by Gasteiger charge is -2.29. The molecule has 0 saturated carbocycles. The van der Waals surface area contributed by atoms with Crippen LogP contribution in [0.1, 0.15) is 38.5 Å². The van der Waals surface area contributed by atoms with Gasteiger partial charge in [0.15, 0.2) is 0 Å². The Morgan fingerprint density at radius 3 is 2.70 bits per heavy atom. The molecule has 3 saturated heterocycles. The van der Waals surface area contributed by atoms with Crippen LogP contribution < -0.4 is 20.3 Å². The number of anilines is 1. The molecule has 3 fully saturated rings. The molecule has 3 aliphatic heterocycles. The summed E-state index contributed by atoms with van der Waals surface area (Å²) in [6.07, 6.45) is 6.07. The van der Waals surface area contributed by atoms with E-state index in [2.05, 4.69) is 15.4 Å². The van der Waals surface area contributed by atoms with Crippen LogP contribution in [0, 0.1) is 5.92 Å². The fourth-order valence-electron chi connectivity index (χ4n) is 4.90. The van der Waals surface area contributed by atoms with Gasteiger partial charge in [-0.25, -0.2) is 0 Å². The zero-order chi connectivity index (χ0) is 18.8. The Morgan fingerprint density at radius 2 is 1.96 bits per heavy atom. The zero-order valence-corrected chi connectivity index (χ0v) is 15.4. The van der Waals surface area contributed by atoms with Crippen LogP contribution in [0.2, 0.25) is 0 Å². The molecule has 4 rings (SSSR count). The first-order valence-electron chi connectivity index (χ1n) is 9.91. The number of para-hydroxylation sites is 2. The second-order valence-electron chi connectivity index (χ2n) is 8.02. The van der Waals surface area contributed by atoms with E-state index in [1.54, 1.807) is 18.2 Å². The predicted octanol–water partition coefficient (Wildman–Crippen LogP) is 2.90. The monoisotopic (exact) mass is 379 g/mol. The maximum absolute atomic E-state index is 12.6. The van der Waals surface area contributed by atoms with Gasteiger partial charge in [0.2, 0.25) is 5.91 Å². The fourth-order valence-corrected chi connectivity index (χ4v) is 4.90. The van der Waals surface area contributed by atoms with Crippen LogP contribution in [0.5, 0.6) is 5.75 Å². The number of benzene rings is 1. The van der Waals surface area contributed by atoms with Crippen LogP contribution in [-0.4, -0.2) is 43.7 Å². The molecule has 148 valence electrons. The highest BCUT2D eigenvalue weighted by Gasteiger charge is 2.34. The quantitative estimate of drug-likeness (QED) is 0.798. The molecular weight excluding hydrogens is 352 g/mol. The van der Waals surface area contributed by atoms with Crippen molar-refractivity contribution in [1.29, 1.82) is 0 Å². The molecular formula is C20H27F2N3O2. The third-order valence-electron chi connectivity index (χ3n) is 6.02. The molecule has 3 heterocycles. The molecule has 1 aromatic rings. The lowest BCUT2D eigenvalue weighted by molar-refractivity contribution is -0.122. The molecule has 0 aromatic heterocycles. The van der Waals surface area contributed by atoms with Gasteiger partial charge < -0.3 is 20.3 Å². The van der Waals surface area contributed by atoms with E-state index in [1.807, 2.05) is 11.0 Å². The third-order valence-corrected chi connectivity index (χ3v) is 6.02. The number of halogens is 2. The topological polar surface area (TPSA) is 53.6 Å². The summed E-state index contributed by atoms with van der Waals surface area (Å²) < 4.78 is 29.9. The molecule has 27 heavy (non-hydrogen) atoms. The highest BCUT2D eigenvalue weighted by Crippen LogP contribution is 2.33. The number of ether oxygens (including phenoxy) is 1. The van der Waals surface area contributed by atoms with Crippen molar-refractivity contribution in [3.63, 3.8) is 0 Å². The Labute approximate surface area is 158 Å². The minimum absolute atomic E-state index is 0.0514. The number of carbonyl (C=O) groups excluding carboxylic acids is 1. The van der Waals surface area contributed by atoms with Crippen molar-refractivity contribution in [2.75, 3.05) is 18.0 Å². The molecule has 1 aromatic carbocycles. The molecule has 0 spiro atoms. The van der Waals surface area contributed by atoms with Crippen LogP contribution in [0.4, 0.5) is 14.5 Å². The first-order valence-corrected chi connectivity index (χ1v) is 9.91.